The summed E-state index contributed by atoms with van der Waals surface area (Å²) in [5.74, 6) is -2.66. The van der Waals surface area contributed by atoms with Crippen LogP contribution in [0.2, 0.25) is 30.1 Å². The Kier molecular flexibility index (Phi) is 10.4. The zero-order valence-electron chi connectivity index (χ0n) is 20.4. The number of carboxylic acid groups (broad SMARTS) is 1. The van der Waals surface area contributed by atoms with E-state index in [4.69, 9.17) is 69.6 Å². The van der Waals surface area contributed by atoms with E-state index in [-0.39, 0.29) is 21.0 Å². The van der Waals surface area contributed by atoms with Crippen molar-refractivity contribution in [3.63, 3.8) is 0 Å². The first kappa shape index (κ1) is 31.3. The zero-order valence-corrected chi connectivity index (χ0v) is 25.7. The first-order valence-electron chi connectivity index (χ1n) is 11.5. The fraction of sp³-hybridized carbons (Fsp3) is 0.0357. The van der Waals surface area contributed by atoms with Gasteiger partial charge in [-0.3, -0.25) is 9.59 Å². The van der Waals surface area contributed by atoms with Crippen molar-refractivity contribution in [2.24, 2.45) is 0 Å². The summed E-state index contributed by atoms with van der Waals surface area (Å²) in [5.41, 5.74) is 0.488. The predicted octanol–water partition coefficient (Wildman–Crippen LogP) is 10.0. The van der Waals surface area contributed by atoms with Crippen molar-refractivity contribution in [3.8, 4) is 0 Å². The summed E-state index contributed by atoms with van der Waals surface area (Å²) >= 11 is 37.7. The molecule has 0 heterocycles. The van der Waals surface area contributed by atoms with Crippen molar-refractivity contribution < 1.29 is 19.5 Å². The van der Waals surface area contributed by atoms with Crippen LogP contribution >= 0.6 is 81.4 Å². The van der Waals surface area contributed by atoms with Gasteiger partial charge in [-0.05, 0) is 48.0 Å². The lowest BCUT2D eigenvalue weighted by molar-refractivity contribution is -0.115. The van der Waals surface area contributed by atoms with Crippen molar-refractivity contribution in [3.05, 3.63) is 120 Å². The van der Waals surface area contributed by atoms with Crippen LogP contribution in [0.15, 0.2) is 77.7 Å². The third-order valence-corrected chi connectivity index (χ3v) is 9.22. The number of hydrogen-bond donors (Lipinski definition) is 3. The fourth-order valence-corrected chi connectivity index (χ4v) is 6.18. The molecule has 1 atom stereocenters. The molecule has 6 nitrogen and oxygen atoms in total. The highest BCUT2D eigenvalue weighted by Gasteiger charge is 2.29. The Bertz CT molecular complexity index is 1650. The summed E-state index contributed by atoms with van der Waals surface area (Å²) < 4.78 is 0. The second-order valence-electron chi connectivity index (χ2n) is 8.31. The van der Waals surface area contributed by atoms with Gasteiger partial charge in [0.15, 0.2) is 0 Å². The van der Waals surface area contributed by atoms with E-state index < -0.39 is 33.3 Å². The van der Waals surface area contributed by atoms with E-state index in [2.05, 4.69) is 10.6 Å². The van der Waals surface area contributed by atoms with Gasteiger partial charge in [0.1, 0.15) is 5.25 Å². The summed E-state index contributed by atoms with van der Waals surface area (Å²) in [6.45, 7) is 0. The molecule has 1 unspecified atom stereocenters. The zero-order chi connectivity index (χ0) is 29.8. The largest absolute Gasteiger partial charge is 0.478 e. The van der Waals surface area contributed by atoms with Crippen molar-refractivity contribution in [1.82, 2.24) is 0 Å². The van der Waals surface area contributed by atoms with Gasteiger partial charge in [0.05, 0.1) is 41.9 Å². The molecule has 0 spiro atoms. The predicted molar refractivity (Wildman–Crippen MR) is 168 cm³/mol. The summed E-state index contributed by atoms with van der Waals surface area (Å²) in [5, 5.41) is 13.9. The van der Waals surface area contributed by atoms with E-state index in [1.165, 1.54) is 17.8 Å². The highest BCUT2D eigenvalue weighted by atomic mass is 35.5. The molecule has 2 amide bonds. The third kappa shape index (κ3) is 7.24. The number of halogens is 6. The molecule has 4 aromatic carbocycles. The van der Waals surface area contributed by atoms with Gasteiger partial charge in [-0.25, -0.2) is 4.79 Å². The average molecular weight is 689 g/mol. The highest BCUT2D eigenvalue weighted by molar-refractivity contribution is 8.00. The Hall–Kier alpha value is -2.62. The van der Waals surface area contributed by atoms with Crippen LogP contribution in [-0.4, -0.2) is 22.9 Å². The fourth-order valence-electron chi connectivity index (χ4n) is 3.68. The van der Waals surface area contributed by atoms with E-state index in [1.807, 2.05) is 30.3 Å². The number of rotatable bonds is 8. The van der Waals surface area contributed by atoms with E-state index in [0.717, 1.165) is 5.56 Å². The average Bonchev–Trinajstić information content (AvgIpc) is 2.94. The maximum atomic E-state index is 13.3. The lowest BCUT2D eigenvalue weighted by Gasteiger charge is -2.18. The first-order valence-corrected chi connectivity index (χ1v) is 14.6. The molecule has 13 heteroatoms. The third-order valence-electron chi connectivity index (χ3n) is 5.60. The summed E-state index contributed by atoms with van der Waals surface area (Å²) in [4.78, 5) is 38.9. The lowest BCUT2D eigenvalue weighted by atomic mass is 10.1. The number of anilines is 2. The van der Waals surface area contributed by atoms with Crippen molar-refractivity contribution in [2.45, 2.75) is 10.1 Å². The van der Waals surface area contributed by atoms with Crippen LogP contribution < -0.4 is 10.6 Å². The number of carbonyl (C=O) groups is 3. The van der Waals surface area contributed by atoms with Crippen LogP contribution in [0.3, 0.4) is 0 Å². The van der Waals surface area contributed by atoms with E-state index in [9.17, 15) is 19.5 Å². The van der Waals surface area contributed by atoms with Crippen molar-refractivity contribution >= 4 is 111 Å². The van der Waals surface area contributed by atoms with Gasteiger partial charge >= 0.3 is 5.97 Å². The quantitative estimate of drug-likeness (QED) is 0.0973. The molecule has 4 rings (SSSR count). The number of hydrogen-bond acceptors (Lipinski definition) is 4. The topological polar surface area (TPSA) is 95.5 Å². The molecule has 0 aliphatic rings. The molecule has 0 aromatic heterocycles. The maximum absolute atomic E-state index is 13.3. The standard InChI is InChI=1S/C28H16Cl6N2O4S/c29-14-6-11-18(17(30)12-14)36-27(38)25(13-4-2-1-3-5-13)41-16-9-7-15(8-10-16)35-26(37)19-20(28(39)40)22(32)24(34)23(33)21(19)31/h1-12,25H,(H,35,37)(H,36,38)(H,39,40). The summed E-state index contributed by atoms with van der Waals surface area (Å²) in [6, 6.07) is 20.5. The smallest absolute Gasteiger partial charge is 0.338 e. The maximum Gasteiger partial charge on any atom is 0.338 e. The van der Waals surface area contributed by atoms with Crippen molar-refractivity contribution in [2.75, 3.05) is 10.6 Å². The minimum atomic E-state index is -1.50. The summed E-state index contributed by atoms with van der Waals surface area (Å²) in [6.07, 6.45) is 0. The van der Waals surface area contributed by atoms with Crippen LogP contribution in [-0.2, 0) is 4.79 Å². The molecule has 3 N–H and O–H groups in total. The van der Waals surface area contributed by atoms with E-state index in [1.54, 1.807) is 36.4 Å². The minimum absolute atomic E-state index is 0.245. The molecular formula is C28H16Cl6N2O4S. The van der Waals surface area contributed by atoms with Gasteiger partial charge in [0.2, 0.25) is 5.91 Å². The minimum Gasteiger partial charge on any atom is -0.478 e. The second kappa shape index (κ2) is 13.6. The molecule has 4 aromatic rings. The van der Waals surface area contributed by atoms with Crippen LogP contribution in [0.4, 0.5) is 11.4 Å². The second-order valence-corrected chi connectivity index (χ2v) is 11.8. The molecule has 0 saturated carbocycles. The van der Waals surface area contributed by atoms with Gasteiger partial charge in [-0.1, -0.05) is 99.9 Å². The van der Waals surface area contributed by atoms with Gasteiger partial charge in [0, 0.05) is 15.6 Å². The van der Waals surface area contributed by atoms with E-state index in [0.29, 0.717) is 26.3 Å². The van der Waals surface area contributed by atoms with Crippen LogP contribution in [0.1, 0.15) is 31.5 Å². The van der Waals surface area contributed by atoms with Crippen molar-refractivity contribution in [1.29, 1.82) is 0 Å². The Morgan fingerprint density at radius 3 is 1.90 bits per heavy atom. The first-order chi connectivity index (χ1) is 19.5. The Morgan fingerprint density at radius 1 is 0.707 bits per heavy atom. The number of carboxylic acids is 1. The number of nitrogens with one attached hydrogen (secondary N) is 2. The number of thioether (sulfide) groups is 1. The van der Waals surface area contributed by atoms with Crippen LogP contribution in [0, 0.1) is 0 Å². The number of carbonyl (C=O) groups excluding carboxylic acids is 2. The van der Waals surface area contributed by atoms with Gasteiger partial charge in [-0.2, -0.15) is 0 Å². The molecule has 0 radical (unpaired) electrons. The van der Waals surface area contributed by atoms with Gasteiger partial charge < -0.3 is 15.7 Å². The Balaban J connectivity index is 1.56. The van der Waals surface area contributed by atoms with Crippen LogP contribution in [0.25, 0.3) is 0 Å². The molecule has 210 valence electrons. The molecule has 0 bridgehead atoms. The summed E-state index contributed by atoms with van der Waals surface area (Å²) in [7, 11) is 0. The van der Waals surface area contributed by atoms with Gasteiger partial charge in [0.25, 0.3) is 5.91 Å². The highest BCUT2D eigenvalue weighted by Crippen LogP contribution is 2.42. The van der Waals surface area contributed by atoms with Crippen LogP contribution in [0.5, 0.6) is 0 Å². The molecule has 0 saturated heterocycles. The Morgan fingerprint density at radius 2 is 1.32 bits per heavy atom. The molecule has 0 fully saturated rings. The normalized spacial score (nSPS) is 11.6. The molecule has 0 aliphatic heterocycles. The van der Waals surface area contributed by atoms with Gasteiger partial charge in [-0.15, -0.1) is 11.8 Å². The number of amides is 2. The number of benzene rings is 4. The monoisotopic (exact) mass is 686 g/mol. The molecule has 0 aliphatic carbocycles. The molecular weight excluding hydrogens is 673 g/mol. The SMILES string of the molecule is O=C(O)c1c(Cl)c(Cl)c(Cl)c(Cl)c1C(=O)Nc1ccc(SC(C(=O)Nc2ccc(Cl)cc2Cl)c2ccccc2)cc1. The molecule has 41 heavy (non-hydrogen) atoms. The number of aromatic carboxylic acids is 1. The van der Waals surface area contributed by atoms with E-state index >= 15 is 0 Å². The Labute approximate surface area is 268 Å². The lowest BCUT2D eigenvalue weighted by Crippen LogP contribution is -2.19.